The maximum atomic E-state index is 9.68. The summed E-state index contributed by atoms with van der Waals surface area (Å²) in [5.74, 6) is 2.07. The summed E-state index contributed by atoms with van der Waals surface area (Å²) in [5, 5.41) is 9.68. The Morgan fingerprint density at radius 3 is 2.71 bits per heavy atom. The molecule has 1 aromatic carbocycles. The van der Waals surface area contributed by atoms with Crippen LogP contribution in [-0.4, -0.2) is 60.6 Å². The van der Waals surface area contributed by atoms with E-state index in [-0.39, 0.29) is 6.10 Å². The van der Waals surface area contributed by atoms with E-state index in [1.165, 1.54) is 5.56 Å². The molecule has 1 aromatic heterocycles. The van der Waals surface area contributed by atoms with Crippen molar-refractivity contribution in [2.45, 2.75) is 38.2 Å². The van der Waals surface area contributed by atoms with Gasteiger partial charge in [0.15, 0.2) is 0 Å². The van der Waals surface area contributed by atoms with Crippen molar-refractivity contribution in [2.75, 3.05) is 49.2 Å². The third kappa shape index (κ3) is 4.45. The van der Waals surface area contributed by atoms with Crippen LogP contribution in [0.2, 0.25) is 0 Å². The largest absolute Gasteiger partial charge is 0.389 e. The Bertz CT molecular complexity index is 758. The number of anilines is 2. The zero-order chi connectivity index (χ0) is 19.3. The van der Waals surface area contributed by atoms with Crippen LogP contribution in [0, 0.1) is 0 Å². The lowest BCUT2D eigenvalue weighted by molar-refractivity contribution is 0.140. The van der Waals surface area contributed by atoms with Gasteiger partial charge in [0.05, 0.1) is 18.4 Å². The summed E-state index contributed by atoms with van der Waals surface area (Å²) in [5.41, 5.74) is 2.45. The van der Waals surface area contributed by atoms with Gasteiger partial charge in [0.1, 0.15) is 5.82 Å². The summed E-state index contributed by atoms with van der Waals surface area (Å²) < 4.78 is 5.58. The standard InChI is InChI=1S/C22H30N4O2/c1-2-25(11-6-9-17-7-4-3-5-8-17)21-13-20(18-10-12-28-16-18)23-22(24-21)26-14-19(27)15-26/h3-5,7-8,13,18-19,27H,2,6,9-12,14-16H2,1H3. The zero-order valence-corrected chi connectivity index (χ0v) is 16.6. The average molecular weight is 383 g/mol. The van der Waals surface area contributed by atoms with Crippen molar-refractivity contribution in [2.24, 2.45) is 0 Å². The molecular weight excluding hydrogens is 352 g/mol. The summed E-state index contributed by atoms with van der Waals surface area (Å²) in [7, 11) is 0. The van der Waals surface area contributed by atoms with Crippen molar-refractivity contribution < 1.29 is 9.84 Å². The number of rotatable bonds is 8. The van der Waals surface area contributed by atoms with Gasteiger partial charge in [-0.15, -0.1) is 0 Å². The quantitative estimate of drug-likeness (QED) is 0.757. The van der Waals surface area contributed by atoms with Crippen LogP contribution in [-0.2, 0) is 11.2 Å². The van der Waals surface area contributed by atoms with Crippen LogP contribution >= 0.6 is 0 Å². The number of aliphatic hydroxyl groups is 1. The molecule has 0 saturated carbocycles. The van der Waals surface area contributed by atoms with Crippen LogP contribution in [0.3, 0.4) is 0 Å². The van der Waals surface area contributed by atoms with E-state index in [1.807, 2.05) is 0 Å². The second-order valence-electron chi connectivity index (χ2n) is 7.74. The van der Waals surface area contributed by atoms with E-state index in [2.05, 4.69) is 53.1 Å². The van der Waals surface area contributed by atoms with Crippen molar-refractivity contribution in [1.29, 1.82) is 0 Å². The van der Waals surface area contributed by atoms with E-state index in [0.29, 0.717) is 19.0 Å². The summed E-state index contributed by atoms with van der Waals surface area (Å²) in [6.45, 7) is 6.82. The molecule has 6 heteroatoms. The fourth-order valence-corrected chi connectivity index (χ4v) is 3.89. The number of aryl methyl sites for hydroxylation is 1. The topological polar surface area (TPSA) is 61.7 Å². The van der Waals surface area contributed by atoms with Gasteiger partial charge in [-0.2, -0.15) is 4.98 Å². The lowest BCUT2D eigenvalue weighted by Gasteiger charge is -2.36. The van der Waals surface area contributed by atoms with Crippen molar-refractivity contribution >= 4 is 11.8 Å². The van der Waals surface area contributed by atoms with Gasteiger partial charge in [0.2, 0.25) is 5.95 Å². The molecule has 4 rings (SSSR count). The van der Waals surface area contributed by atoms with Crippen molar-refractivity contribution in [1.82, 2.24) is 9.97 Å². The first kappa shape index (κ1) is 19.2. The van der Waals surface area contributed by atoms with Gasteiger partial charge in [-0.25, -0.2) is 4.98 Å². The van der Waals surface area contributed by atoms with Gasteiger partial charge < -0.3 is 19.6 Å². The minimum Gasteiger partial charge on any atom is -0.389 e. The number of hydrogen-bond donors (Lipinski definition) is 1. The number of β-amino-alcohol motifs (C(OH)–C–C–N with tert-alkyl or cyclic N) is 1. The number of aliphatic hydroxyl groups excluding tert-OH is 1. The van der Waals surface area contributed by atoms with Crippen molar-refractivity contribution in [3.8, 4) is 0 Å². The first-order valence-electron chi connectivity index (χ1n) is 10.4. The highest BCUT2D eigenvalue weighted by Crippen LogP contribution is 2.29. The van der Waals surface area contributed by atoms with Gasteiger partial charge in [-0.1, -0.05) is 30.3 Å². The summed E-state index contributed by atoms with van der Waals surface area (Å²) in [6.07, 6.45) is 2.90. The zero-order valence-electron chi connectivity index (χ0n) is 16.6. The lowest BCUT2D eigenvalue weighted by atomic mass is 10.0. The maximum Gasteiger partial charge on any atom is 0.227 e. The van der Waals surface area contributed by atoms with Crippen LogP contribution in [0.4, 0.5) is 11.8 Å². The molecular formula is C22H30N4O2. The normalized spacial score (nSPS) is 19.6. The van der Waals surface area contributed by atoms with Crippen LogP contribution < -0.4 is 9.80 Å². The number of benzene rings is 1. The molecule has 1 unspecified atom stereocenters. The van der Waals surface area contributed by atoms with Crippen LogP contribution in [0.15, 0.2) is 36.4 Å². The fraction of sp³-hybridized carbons (Fsp3) is 0.545. The minimum absolute atomic E-state index is 0.265. The SMILES string of the molecule is CCN(CCCc1ccccc1)c1cc(C2CCOC2)nc(N2CC(O)C2)n1. The Hall–Kier alpha value is -2.18. The maximum absolute atomic E-state index is 9.68. The Kier molecular flexibility index (Phi) is 6.07. The molecule has 2 aliphatic heterocycles. The molecule has 2 fully saturated rings. The Balaban J connectivity index is 1.49. The molecule has 0 radical (unpaired) electrons. The van der Waals surface area contributed by atoms with E-state index >= 15 is 0 Å². The van der Waals surface area contributed by atoms with E-state index in [0.717, 1.165) is 63.0 Å². The molecule has 2 aromatic rings. The average Bonchev–Trinajstić information content (AvgIpc) is 3.24. The number of nitrogens with zero attached hydrogens (tertiary/aromatic N) is 4. The van der Waals surface area contributed by atoms with Gasteiger partial charge >= 0.3 is 0 Å². The number of ether oxygens (including phenoxy) is 1. The summed E-state index contributed by atoms with van der Waals surface area (Å²) in [4.78, 5) is 14.1. The molecule has 0 amide bonds. The molecule has 0 aliphatic carbocycles. The second-order valence-corrected chi connectivity index (χ2v) is 7.74. The molecule has 0 bridgehead atoms. The van der Waals surface area contributed by atoms with Crippen LogP contribution in [0.1, 0.15) is 36.9 Å². The Morgan fingerprint density at radius 1 is 1.21 bits per heavy atom. The van der Waals surface area contributed by atoms with Gasteiger partial charge in [0, 0.05) is 44.8 Å². The lowest BCUT2D eigenvalue weighted by Crippen LogP contribution is -2.51. The van der Waals surface area contributed by atoms with Crippen molar-refractivity contribution in [3.63, 3.8) is 0 Å². The van der Waals surface area contributed by atoms with E-state index in [4.69, 9.17) is 14.7 Å². The number of aromatic nitrogens is 2. The Morgan fingerprint density at radius 2 is 2.04 bits per heavy atom. The summed E-state index contributed by atoms with van der Waals surface area (Å²) >= 11 is 0. The first-order chi connectivity index (χ1) is 13.7. The molecule has 3 heterocycles. The van der Waals surface area contributed by atoms with Crippen LogP contribution in [0.25, 0.3) is 0 Å². The molecule has 28 heavy (non-hydrogen) atoms. The molecule has 150 valence electrons. The first-order valence-corrected chi connectivity index (χ1v) is 10.4. The molecule has 6 nitrogen and oxygen atoms in total. The molecule has 0 spiro atoms. The Labute approximate surface area is 167 Å². The third-order valence-electron chi connectivity index (χ3n) is 5.66. The van der Waals surface area contributed by atoms with Crippen LogP contribution in [0.5, 0.6) is 0 Å². The summed E-state index contributed by atoms with van der Waals surface area (Å²) in [6, 6.07) is 12.8. The van der Waals surface area contributed by atoms with Gasteiger partial charge in [-0.3, -0.25) is 0 Å². The van der Waals surface area contributed by atoms with E-state index in [9.17, 15) is 5.11 Å². The highest BCUT2D eigenvalue weighted by molar-refractivity contribution is 5.48. The number of hydrogen-bond acceptors (Lipinski definition) is 6. The third-order valence-corrected chi connectivity index (χ3v) is 5.66. The predicted molar refractivity (Wildman–Crippen MR) is 111 cm³/mol. The van der Waals surface area contributed by atoms with Gasteiger partial charge in [0.25, 0.3) is 0 Å². The minimum atomic E-state index is -0.265. The highest BCUT2D eigenvalue weighted by atomic mass is 16.5. The highest BCUT2D eigenvalue weighted by Gasteiger charge is 2.29. The predicted octanol–water partition coefficient (Wildman–Crippen LogP) is 2.62. The van der Waals surface area contributed by atoms with Crippen molar-refractivity contribution in [3.05, 3.63) is 47.7 Å². The smallest absolute Gasteiger partial charge is 0.227 e. The molecule has 1 atom stereocenters. The molecule has 1 N–H and O–H groups in total. The van der Waals surface area contributed by atoms with E-state index < -0.39 is 0 Å². The second kappa shape index (κ2) is 8.88. The molecule has 2 saturated heterocycles. The van der Waals surface area contributed by atoms with E-state index in [1.54, 1.807) is 0 Å². The molecule has 2 aliphatic rings. The van der Waals surface area contributed by atoms with Gasteiger partial charge in [-0.05, 0) is 31.7 Å². The monoisotopic (exact) mass is 382 g/mol. The fourth-order valence-electron chi connectivity index (χ4n) is 3.89.